The Hall–Kier alpha value is -0.580. The number of hydrogen-bond donors (Lipinski definition) is 2. The van der Waals surface area contributed by atoms with Gasteiger partial charge in [-0.15, -0.1) is 11.3 Å². The number of halogens is 1. The van der Waals surface area contributed by atoms with E-state index < -0.39 is 0 Å². The van der Waals surface area contributed by atoms with Crippen LogP contribution in [0.1, 0.15) is 48.6 Å². The molecule has 0 spiro atoms. The summed E-state index contributed by atoms with van der Waals surface area (Å²) in [5, 5.41) is 3.74. The Kier molecular flexibility index (Phi) is 3.83. The minimum absolute atomic E-state index is 0.0905. The van der Waals surface area contributed by atoms with Crippen molar-refractivity contribution in [1.82, 2.24) is 5.32 Å². The van der Waals surface area contributed by atoms with Gasteiger partial charge in [0.05, 0.1) is 4.34 Å². The number of rotatable bonds is 3. The van der Waals surface area contributed by atoms with E-state index in [1.807, 2.05) is 0 Å². The summed E-state index contributed by atoms with van der Waals surface area (Å²) in [5.41, 5.74) is 6.76. The molecule has 3 N–H and O–H groups in total. The first-order chi connectivity index (χ1) is 9.13. The number of nitrogens with two attached hydrogens (primary N) is 1. The molecule has 0 saturated heterocycles. The van der Waals surface area contributed by atoms with Crippen LogP contribution in [0.2, 0.25) is 4.34 Å². The maximum absolute atomic E-state index is 11.2. The van der Waals surface area contributed by atoms with Crippen LogP contribution in [0.25, 0.3) is 0 Å². The van der Waals surface area contributed by atoms with Crippen LogP contribution in [0.4, 0.5) is 0 Å². The Labute approximate surface area is 122 Å². The summed E-state index contributed by atoms with van der Waals surface area (Å²) in [7, 11) is 0. The van der Waals surface area contributed by atoms with Crippen LogP contribution in [0.15, 0.2) is 6.07 Å². The van der Waals surface area contributed by atoms with Crippen molar-refractivity contribution in [1.29, 1.82) is 0 Å². The molecule has 1 heterocycles. The van der Waals surface area contributed by atoms with Crippen molar-refractivity contribution in [3.63, 3.8) is 0 Å². The van der Waals surface area contributed by atoms with Crippen LogP contribution < -0.4 is 11.1 Å². The van der Waals surface area contributed by atoms with E-state index >= 15 is 0 Å². The van der Waals surface area contributed by atoms with Gasteiger partial charge in [0.2, 0.25) is 5.91 Å². The lowest BCUT2D eigenvalue weighted by molar-refractivity contribution is -0.122. The van der Waals surface area contributed by atoms with Gasteiger partial charge >= 0.3 is 0 Å². The molecule has 0 radical (unpaired) electrons. The molecule has 0 aliphatic heterocycles. The number of amides is 1. The SMILES string of the molecule is NC(=O)C1CCC(NC2CCc3sc(Cl)cc32)CC1. The average Bonchev–Trinajstić information content (AvgIpc) is 2.91. The van der Waals surface area contributed by atoms with Crippen molar-refractivity contribution >= 4 is 28.8 Å². The number of carbonyl (C=O) groups excluding carboxylic acids is 1. The van der Waals surface area contributed by atoms with Gasteiger partial charge in [0, 0.05) is 22.9 Å². The highest BCUT2D eigenvalue weighted by molar-refractivity contribution is 7.16. The molecule has 0 aromatic carbocycles. The van der Waals surface area contributed by atoms with Crippen LogP contribution in [-0.4, -0.2) is 11.9 Å². The summed E-state index contributed by atoms with van der Waals surface area (Å²) < 4.78 is 0.897. The van der Waals surface area contributed by atoms with Crippen LogP contribution in [-0.2, 0) is 11.2 Å². The van der Waals surface area contributed by atoms with E-state index in [2.05, 4.69) is 11.4 Å². The topological polar surface area (TPSA) is 55.1 Å². The largest absolute Gasteiger partial charge is 0.369 e. The Bertz CT molecular complexity index is 480. The average molecular weight is 299 g/mol. The second-order valence-corrected chi connectivity index (χ2v) is 7.41. The van der Waals surface area contributed by atoms with E-state index in [4.69, 9.17) is 17.3 Å². The van der Waals surface area contributed by atoms with Gasteiger partial charge in [0.15, 0.2) is 0 Å². The van der Waals surface area contributed by atoms with Crippen LogP contribution >= 0.6 is 22.9 Å². The van der Waals surface area contributed by atoms with Gasteiger partial charge in [0.25, 0.3) is 0 Å². The third-order valence-corrected chi connectivity index (χ3v) is 5.75. The van der Waals surface area contributed by atoms with E-state index in [1.165, 1.54) is 16.9 Å². The normalized spacial score (nSPS) is 30.3. The summed E-state index contributed by atoms with van der Waals surface area (Å²) >= 11 is 7.79. The first-order valence-electron chi connectivity index (χ1n) is 6.97. The molecule has 1 saturated carbocycles. The van der Waals surface area contributed by atoms with Crippen molar-refractivity contribution < 1.29 is 4.79 Å². The number of aryl methyl sites for hydroxylation is 1. The Morgan fingerprint density at radius 1 is 1.32 bits per heavy atom. The van der Waals surface area contributed by atoms with E-state index in [0.717, 1.165) is 36.4 Å². The molecule has 1 aromatic rings. The maximum atomic E-state index is 11.2. The molecule has 104 valence electrons. The van der Waals surface area contributed by atoms with E-state index in [1.54, 1.807) is 11.3 Å². The molecule has 1 aromatic heterocycles. The van der Waals surface area contributed by atoms with Gasteiger partial charge in [0.1, 0.15) is 0 Å². The Morgan fingerprint density at radius 2 is 2.05 bits per heavy atom. The molecule has 1 unspecified atom stereocenters. The second kappa shape index (κ2) is 5.43. The first kappa shape index (κ1) is 13.4. The highest BCUT2D eigenvalue weighted by Crippen LogP contribution is 2.40. The molecular formula is C14H19ClN2OS. The molecule has 1 amide bonds. The third kappa shape index (κ3) is 2.81. The van der Waals surface area contributed by atoms with Crippen molar-refractivity contribution in [2.45, 2.75) is 50.6 Å². The molecule has 19 heavy (non-hydrogen) atoms. The molecule has 5 heteroatoms. The minimum atomic E-state index is -0.133. The molecule has 3 nitrogen and oxygen atoms in total. The van der Waals surface area contributed by atoms with Crippen LogP contribution in [0.5, 0.6) is 0 Å². The van der Waals surface area contributed by atoms with Gasteiger partial charge in [-0.3, -0.25) is 4.79 Å². The highest BCUT2D eigenvalue weighted by atomic mass is 35.5. The summed E-state index contributed by atoms with van der Waals surface area (Å²) in [4.78, 5) is 12.6. The lowest BCUT2D eigenvalue weighted by Gasteiger charge is -2.30. The summed E-state index contributed by atoms with van der Waals surface area (Å²) in [6.45, 7) is 0. The predicted molar refractivity (Wildman–Crippen MR) is 78.5 cm³/mol. The highest BCUT2D eigenvalue weighted by Gasteiger charge is 2.30. The fourth-order valence-electron chi connectivity index (χ4n) is 3.33. The van der Waals surface area contributed by atoms with Crippen LogP contribution in [0, 0.1) is 5.92 Å². The third-order valence-electron chi connectivity index (χ3n) is 4.41. The summed E-state index contributed by atoms with van der Waals surface area (Å²) in [5.74, 6) is -0.0426. The number of fused-ring (bicyclic) bond motifs is 1. The molecule has 1 fully saturated rings. The lowest BCUT2D eigenvalue weighted by Crippen LogP contribution is -2.38. The molecule has 2 aliphatic carbocycles. The lowest BCUT2D eigenvalue weighted by atomic mass is 9.85. The molecular weight excluding hydrogens is 280 g/mol. The zero-order valence-corrected chi connectivity index (χ0v) is 12.4. The van der Waals surface area contributed by atoms with Crippen LogP contribution in [0.3, 0.4) is 0 Å². The van der Waals surface area contributed by atoms with Crippen molar-refractivity contribution in [2.24, 2.45) is 11.7 Å². The quantitative estimate of drug-likeness (QED) is 0.901. The number of carbonyl (C=O) groups is 1. The second-order valence-electron chi connectivity index (χ2n) is 5.64. The van der Waals surface area contributed by atoms with Gasteiger partial charge in [-0.2, -0.15) is 0 Å². The van der Waals surface area contributed by atoms with E-state index in [0.29, 0.717) is 12.1 Å². The van der Waals surface area contributed by atoms with Gasteiger partial charge < -0.3 is 11.1 Å². The fourth-order valence-corrected chi connectivity index (χ4v) is 4.69. The van der Waals surface area contributed by atoms with Gasteiger partial charge in [-0.05, 0) is 50.2 Å². The summed E-state index contributed by atoms with van der Waals surface area (Å²) in [6.07, 6.45) is 6.28. The number of hydrogen-bond acceptors (Lipinski definition) is 3. The number of thiophene rings is 1. The zero-order chi connectivity index (χ0) is 13.4. The van der Waals surface area contributed by atoms with Crippen molar-refractivity contribution in [3.8, 4) is 0 Å². The van der Waals surface area contributed by atoms with Crippen molar-refractivity contribution in [3.05, 3.63) is 20.8 Å². The van der Waals surface area contributed by atoms with E-state index in [-0.39, 0.29) is 11.8 Å². The maximum Gasteiger partial charge on any atom is 0.220 e. The standard InChI is InChI=1S/C14H19ClN2OS/c15-13-7-10-11(5-6-12(10)19-13)17-9-3-1-8(2-4-9)14(16)18/h7-9,11,17H,1-6H2,(H2,16,18). The molecule has 1 atom stereocenters. The smallest absolute Gasteiger partial charge is 0.220 e. The number of primary amides is 1. The fraction of sp³-hybridized carbons (Fsp3) is 0.643. The monoisotopic (exact) mass is 298 g/mol. The Morgan fingerprint density at radius 3 is 2.74 bits per heavy atom. The zero-order valence-electron chi connectivity index (χ0n) is 10.8. The first-order valence-corrected chi connectivity index (χ1v) is 8.16. The predicted octanol–water partition coefficient (Wildman–Crippen LogP) is 3.02. The van der Waals surface area contributed by atoms with Gasteiger partial charge in [-0.1, -0.05) is 11.6 Å². The molecule has 3 rings (SSSR count). The minimum Gasteiger partial charge on any atom is -0.369 e. The number of nitrogens with one attached hydrogen (secondary N) is 1. The summed E-state index contributed by atoms with van der Waals surface area (Å²) in [6, 6.07) is 3.08. The van der Waals surface area contributed by atoms with E-state index in [9.17, 15) is 4.79 Å². The van der Waals surface area contributed by atoms with Crippen molar-refractivity contribution in [2.75, 3.05) is 0 Å². The molecule has 0 bridgehead atoms. The Balaban J connectivity index is 1.57. The molecule has 2 aliphatic rings. The van der Waals surface area contributed by atoms with Gasteiger partial charge in [-0.25, -0.2) is 0 Å².